The van der Waals surface area contributed by atoms with Crippen LogP contribution in [0.15, 0.2) is 182 Å². The first-order valence-corrected chi connectivity index (χ1v) is 40.1. The summed E-state index contributed by atoms with van der Waals surface area (Å²) in [5.41, 5.74) is 49.2. The molecule has 6 aromatic rings. The van der Waals surface area contributed by atoms with Crippen molar-refractivity contribution in [1.82, 2.24) is 58.5 Å². The zero-order valence-electron chi connectivity index (χ0n) is 67.5. The Kier molecular flexibility index (Phi) is 41.3. The maximum Gasteiger partial charge on any atom is 0.243 e. The van der Waals surface area contributed by atoms with Crippen molar-refractivity contribution in [3.8, 4) is 0 Å². The predicted octanol–water partition coefficient (Wildman–Crippen LogP) is -2.09. The van der Waals surface area contributed by atoms with Crippen LogP contribution in [0.25, 0.3) is 0 Å². The summed E-state index contributed by atoms with van der Waals surface area (Å²) in [4.78, 5) is 224. The fourth-order valence-corrected chi connectivity index (χ4v) is 13.0. The Balaban J connectivity index is 1.29. The number of carbonyl (C=O) groups is 16. The molecule has 121 heavy (non-hydrogen) atoms. The van der Waals surface area contributed by atoms with Gasteiger partial charge in [0.2, 0.25) is 94.5 Å². The molecular weight excluding hydrogens is 1560 g/mol. The quantitative estimate of drug-likeness (QED) is 0.0182. The molecule has 16 amide bonds. The lowest BCUT2D eigenvalue weighted by molar-refractivity contribution is -0.136. The van der Waals surface area contributed by atoms with Gasteiger partial charge in [0.25, 0.3) is 0 Å². The van der Waals surface area contributed by atoms with Crippen molar-refractivity contribution < 1.29 is 76.7 Å². The van der Waals surface area contributed by atoms with Gasteiger partial charge in [-0.3, -0.25) is 76.7 Å². The maximum absolute atomic E-state index is 15.2. The highest BCUT2D eigenvalue weighted by Crippen LogP contribution is 2.16. The third kappa shape index (κ3) is 35.8. The summed E-state index contributed by atoms with van der Waals surface area (Å²) < 4.78 is 0. The van der Waals surface area contributed by atoms with E-state index in [9.17, 15) is 62.3 Å². The molecule has 27 N–H and O–H groups in total. The molecule has 6 aromatic carbocycles. The van der Waals surface area contributed by atoms with Gasteiger partial charge in [-0.1, -0.05) is 182 Å². The zero-order chi connectivity index (χ0) is 88.2. The lowest BCUT2D eigenvalue weighted by Crippen LogP contribution is -2.61. The van der Waals surface area contributed by atoms with Gasteiger partial charge in [-0.25, -0.2) is 0 Å². The number of hydrogen-bond acceptors (Lipinski definition) is 19. The van der Waals surface area contributed by atoms with Crippen LogP contribution < -0.4 is 104 Å². The predicted molar refractivity (Wildman–Crippen MR) is 449 cm³/mol. The Hall–Kier alpha value is -13.3. The number of hydrogen-bond donors (Lipinski definition) is 19. The third-order valence-corrected chi connectivity index (χ3v) is 19.6. The van der Waals surface area contributed by atoms with E-state index < -0.39 is 206 Å². The van der Waals surface area contributed by atoms with E-state index in [0.717, 1.165) is 0 Å². The number of benzene rings is 6. The van der Waals surface area contributed by atoms with Crippen LogP contribution >= 0.6 is 0 Å². The molecule has 6 rings (SSSR count). The van der Waals surface area contributed by atoms with Crippen molar-refractivity contribution in [3.63, 3.8) is 0 Å². The van der Waals surface area contributed by atoms with E-state index in [1.54, 1.807) is 182 Å². The van der Waals surface area contributed by atoms with E-state index in [2.05, 4.69) is 58.5 Å². The second-order valence-corrected chi connectivity index (χ2v) is 29.4. The van der Waals surface area contributed by atoms with Crippen LogP contribution in [-0.2, 0) is 115 Å². The number of carbonyl (C=O) groups excluding carboxylic acids is 16. The number of amides is 16. The number of nitrogens with one attached hydrogen (secondary N) is 11. The van der Waals surface area contributed by atoms with Gasteiger partial charge >= 0.3 is 0 Å². The summed E-state index contributed by atoms with van der Waals surface area (Å²) in [6.07, 6.45) is -3.17. The highest BCUT2D eigenvalue weighted by molar-refractivity contribution is 6.00. The van der Waals surface area contributed by atoms with Gasteiger partial charge < -0.3 is 104 Å². The fourth-order valence-electron chi connectivity index (χ4n) is 13.0. The zero-order valence-corrected chi connectivity index (χ0v) is 67.5. The molecule has 0 fully saturated rings. The topological polar surface area (TPSA) is 614 Å². The first-order chi connectivity index (χ1) is 58.0. The molecule has 0 saturated heterocycles. The van der Waals surface area contributed by atoms with E-state index in [0.29, 0.717) is 59.2 Å². The summed E-state index contributed by atoms with van der Waals surface area (Å²) in [5.74, 6) is -14.9. The monoisotopic (exact) mass is 1670 g/mol. The van der Waals surface area contributed by atoms with Gasteiger partial charge in [0.15, 0.2) is 0 Å². The van der Waals surface area contributed by atoms with Crippen molar-refractivity contribution in [1.29, 1.82) is 0 Å². The van der Waals surface area contributed by atoms with Crippen LogP contribution in [0.1, 0.15) is 123 Å². The Morgan fingerprint density at radius 1 is 0.215 bits per heavy atom. The summed E-state index contributed by atoms with van der Waals surface area (Å²) in [5, 5.41) is 29.1. The minimum Gasteiger partial charge on any atom is -0.370 e. The maximum atomic E-state index is 15.2. The highest BCUT2D eigenvalue weighted by atomic mass is 16.2. The van der Waals surface area contributed by atoms with Crippen molar-refractivity contribution in [2.75, 3.05) is 13.1 Å². The van der Waals surface area contributed by atoms with E-state index in [1.165, 1.54) is 0 Å². The summed E-state index contributed by atoms with van der Waals surface area (Å²) in [7, 11) is 0. The van der Waals surface area contributed by atoms with Gasteiger partial charge in [-0.2, -0.15) is 0 Å². The van der Waals surface area contributed by atoms with E-state index >= 15 is 14.4 Å². The van der Waals surface area contributed by atoms with Crippen LogP contribution in [0, 0.1) is 0 Å². The van der Waals surface area contributed by atoms with Crippen LogP contribution in [0.4, 0.5) is 0 Å². The molecule has 0 aromatic heterocycles. The Morgan fingerprint density at radius 2 is 0.388 bits per heavy atom. The largest absolute Gasteiger partial charge is 0.370 e. The van der Waals surface area contributed by atoms with Crippen LogP contribution in [0.2, 0.25) is 0 Å². The average Bonchev–Trinajstić information content (AvgIpc) is 0.845. The lowest BCUT2D eigenvalue weighted by Gasteiger charge is -2.29. The second-order valence-electron chi connectivity index (χ2n) is 29.4. The smallest absolute Gasteiger partial charge is 0.243 e. The number of primary amides is 5. The molecule has 0 unspecified atom stereocenters. The fraction of sp³-hybridized carbons (Fsp3) is 0.395. The Bertz CT molecular complexity index is 4410. The van der Waals surface area contributed by atoms with Crippen molar-refractivity contribution in [2.45, 2.75) is 201 Å². The molecule has 0 heterocycles. The van der Waals surface area contributed by atoms with Crippen LogP contribution in [0.3, 0.4) is 0 Å². The minimum absolute atomic E-state index is 0.0755. The van der Waals surface area contributed by atoms with Gasteiger partial charge in [0, 0.05) is 57.8 Å². The molecule has 0 aliphatic carbocycles. The van der Waals surface area contributed by atoms with Gasteiger partial charge in [0.05, 0.1) is 6.04 Å². The van der Waals surface area contributed by atoms with E-state index in [1.807, 2.05) is 0 Å². The molecule has 12 atom stereocenters. The first-order valence-electron chi connectivity index (χ1n) is 40.1. The first kappa shape index (κ1) is 96.6. The Morgan fingerprint density at radius 3 is 0.595 bits per heavy atom. The average molecular weight is 1670 g/mol. The molecule has 0 bridgehead atoms. The van der Waals surface area contributed by atoms with Crippen molar-refractivity contribution >= 4 is 94.5 Å². The minimum atomic E-state index is -1.72. The number of rotatable bonds is 55. The molecular formula is C86H113N19O16. The highest BCUT2D eigenvalue weighted by Gasteiger charge is 2.38. The summed E-state index contributed by atoms with van der Waals surface area (Å²) >= 11 is 0. The standard InChI is InChI=1S/C86H113N19O16/c87-45-21-19-35-60(75(94)110)95-82(117)66(48-54-25-9-2-10-26-54)102-79(114)63(38-42-72(91)107)99-86(121)70(52-58-33-17-6-18-34-58)105-81(116)65(40-44-74(93)109)98-84(119)68(50-56-29-13-4-14-30-56)101-77(112)61(36-20-22-46-88)97-83(118)67(49-55-27-11-3-12-28-55)104-80(115)64(39-43-73(92)108)100-85(120)69(51-57-31-15-5-16-32-57)103-78(113)62(37-41-71(90)106)96-76(111)59(89)47-53-23-7-1-8-24-53/h1-18,23-34,59-70H,19-22,35-52,87-89H2,(H2,90,106)(H2,91,107)(H2,92,108)(H2,93,109)(H2,94,110)(H,95,117)(H,96,111)(H,97,118)(H,98,119)(H,99,121)(H,100,120)(H,101,112)(H,102,114)(H,103,113)(H,104,115)(H,105,116)/t59-,60-,61-,62-,63-,64-,65-,66-,67-,68-,69-,70-/m0/s1. The number of nitrogens with two attached hydrogens (primary N) is 8. The molecule has 0 aliphatic heterocycles. The molecule has 0 aliphatic rings. The van der Waals surface area contributed by atoms with E-state index in [-0.39, 0.29) is 77.2 Å². The van der Waals surface area contributed by atoms with Crippen LogP contribution in [-0.4, -0.2) is 180 Å². The second kappa shape index (κ2) is 51.8. The van der Waals surface area contributed by atoms with E-state index in [4.69, 9.17) is 45.9 Å². The summed E-state index contributed by atoms with van der Waals surface area (Å²) in [6, 6.07) is 32.5. The molecule has 0 radical (unpaired) electrons. The molecule has 0 saturated carbocycles. The molecule has 648 valence electrons. The lowest BCUT2D eigenvalue weighted by atomic mass is 10.0. The molecule has 0 spiro atoms. The molecule has 35 nitrogen and oxygen atoms in total. The van der Waals surface area contributed by atoms with Gasteiger partial charge in [-0.05, 0) is 117 Å². The van der Waals surface area contributed by atoms with Crippen molar-refractivity contribution in [2.24, 2.45) is 45.9 Å². The summed E-state index contributed by atoms with van der Waals surface area (Å²) in [6.45, 7) is 0.445. The van der Waals surface area contributed by atoms with Gasteiger partial charge in [0.1, 0.15) is 66.5 Å². The van der Waals surface area contributed by atoms with Gasteiger partial charge in [-0.15, -0.1) is 0 Å². The molecule has 35 heteroatoms. The van der Waals surface area contributed by atoms with Crippen molar-refractivity contribution in [3.05, 3.63) is 215 Å². The Labute approximate surface area is 701 Å². The number of unbranched alkanes of at least 4 members (excludes halogenated alkanes) is 2. The third-order valence-electron chi connectivity index (χ3n) is 19.6. The SMILES string of the molecule is NCCCC[C@H](NC(=O)[C@H](Cc1ccccc1)NC(=O)[C@H](CCC(N)=O)NC(=O)[C@H](Cc1ccccc1)NC(=O)[C@H](CCC(N)=O)NC(=O)[C@H](Cc1ccccc1)NC(=O)[C@H](CCCCN)NC(=O)[C@H](Cc1ccccc1)NC(=O)[C@H](CCC(N)=O)NC(=O)[C@H](Cc1ccccc1)NC(=O)[C@H](CCC(N)=O)NC(=O)[C@@H](N)Cc1ccccc1)C(N)=O. The normalized spacial score (nSPS) is 13.9. The van der Waals surface area contributed by atoms with Crippen LogP contribution in [0.5, 0.6) is 0 Å².